The van der Waals surface area contributed by atoms with Gasteiger partial charge in [0.25, 0.3) is 0 Å². The summed E-state index contributed by atoms with van der Waals surface area (Å²) in [7, 11) is -3.66. The lowest BCUT2D eigenvalue weighted by atomic mass is 9.84. The SMILES string of the molecule is CCN(CC)c1ccc(CN(C(=O)C2CCC2)C(C)C)c(OS(C)(=O)=O)c1. The minimum absolute atomic E-state index is 0.0339. The molecule has 0 atom stereocenters. The van der Waals surface area contributed by atoms with E-state index in [4.69, 9.17) is 4.18 Å². The molecule has 27 heavy (non-hydrogen) atoms. The van der Waals surface area contributed by atoms with Crippen LogP contribution in [0.5, 0.6) is 5.75 Å². The molecular formula is C20H32N2O4S. The van der Waals surface area contributed by atoms with E-state index in [-0.39, 0.29) is 17.9 Å². The van der Waals surface area contributed by atoms with Crippen molar-refractivity contribution in [1.82, 2.24) is 4.90 Å². The molecule has 1 aromatic carbocycles. The smallest absolute Gasteiger partial charge is 0.306 e. The van der Waals surface area contributed by atoms with E-state index in [1.165, 1.54) is 0 Å². The summed E-state index contributed by atoms with van der Waals surface area (Å²) >= 11 is 0. The molecule has 0 heterocycles. The van der Waals surface area contributed by atoms with Crippen LogP contribution in [0.25, 0.3) is 0 Å². The van der Waals surface area contributed by atoms with Crippen LogP contribution < -0.4 is 9.08 Å². The summed E-state index contributed by atoms with van der Waals surface area (Å²) in [5.74, 6) is 0.546. The Bertz CT molecular complexity index is 753. The molecule has 1 fully saturated rings. The number of anilines is 1. The van der Waals surface area contributed by atoms with Crippen molar-refractivity contribution in [2.45, 2.75) is 59.5 Å². The first-order chi connectivity index (χ1) is 12.7. The van der Waals surface area contributed by atoms with Crippen LogP contribution in [-0.4, -0.2) is 44.6 Å². The number of nitrogens with zero attached hydrogens (tertiary/aromatic N) is 2. The van der Waals surface area contributed by atoms with Gasteiger partial charge in [0.1, 0.15) is 5.75 Å². The summed E-state index contributed by atoms with van der Waals surface area (Å²) in [6.07, 6.45) is 4.02. The molecular weight excluding hydrogens is 364 g/mol. The van der Waals surface area contributed by atoms with Gasteiger partial charge in [-0.25, -0.2) is 0 Å². The van der Waals surface area contributed by atoms with Gasteiger partial charge in [-0.3, -0.25) is 4.79 Å². The average molecular weight is 397 g/mol. The van der Waals surface area contributed by atoms with E-state index >= 15 is 0 Å². The van der Waals surface area contributed by atoms with Gasteiger partial charge in [-0.15, -0.1) is 0 Å². The number of hydrogen-bond acceptors (Lipinski definition) is 5. The van der Waals surface area contributed by atoms with Gasteiger partial charge in [0.15, 0.2) is 0 Å². The largest absolute Gasteiger partial charge is 0.382 e. The van der Waals surface area contributed by atoms with E-state index in [9.17, 15) is 13.2 Å². The highest BCUT2D eigenvalue weighted by molar-refractivity contribution is 7.86. The number of carbonyl (C=O) groups is 1. The van der Waals surface area contributed by atoms with E-state index in [0.29, 0.717) is 17.9 Å². The van der Waals surface area contributed by atoms with Gasteiger partial charge in [0.05, 0.1) is 6.26 Å². The van der Waals surface area contributed by atoms with Crippen LogP contribution in [0, 0.1) is 5.92 Å². The summed E-state index contributed by atoms with van der Waals surface area (Å²) in [6, 6.07) is 5.63. The van der Waals surface area contributed by atoms with Gasteiger partial charge in [-0.1, -0.05) is 12.5 Å². The molecule has 0 saturated heterocycles. The lowest BCUT2D eigenvalue weighted by Gasteiger charge is -2.34. The van der Waals surface area contributed by atoms with Crippen molar-refractivity contribution in [3.8, 4) is 5.75 Å². The fraction of sp³-hybridized carbons (Fsp3) is 0.650. The summed E-state index contributed by atoms with van der Waals surface area (Å²) in [4.78, 5) is 16.7. The molecule has 7 heteroatoms. The number of benzene rings is 1. The Hall–Kier alpha value is -1.76. The molecule has 1 aromatic rings. The number of hydrogen-bond donors (Lipinski definition) is 0. The zero-order chi connectivity index (χ0) is 20.2. The van der Waals surface area contributed by atoms with E-state index in [2.05, 4.69) is 4.90 Å². The lowest BCUT2D eigenvalue weighted by molar-refractivity contribution is -0.140. The molecule has 0 bridgehead atoms. The molecule has 0 radical (unpaired) electrons. The fourth-order valence-corrected chi connectivity index (χ4v) is 3.77. The summed E-state index contributed by atoms with van der Waals surface area (Å²) in [5.41, 5.74) is 1.61. The van der Waals surface area contributed by atoms with Crippen molar-refractivity contribution in [2.75, 3.05) is 24.2 Å². The fourth-order valence-electron chi connectivity index (χ4n) is 3.29. The molecule has 2 rings (SSSR count). The van der Waals surface area contributed by atoms with Gasteiger partial charge in [-0.05, 0) is 46.6 Å². The molecule has 0 unspecified atom stereocenters. The van der Waals surface area contributed by atoms with E-state index < -0.39 is 10.1 Å². The molecule has 1 amide bonds. The summed E-state index contributed by atoms with van der Waals surface area (Å²) < 4.78 is 28.8. The normalized spacial score (nSPS) is 14.7. The first-order valence-electron chi connectivity index (χ1n) is 9.74. The molecule has 152 valence electrons. The minimum Gasteiger partial charge on any atom is -0.382 e. The highest BCUT2D eigenvalue weighted by Crippen LogP contribution is 2.32. The Balaban J connectivity index is 2.36. The molecule has 0 aliphatic heterocycles. The van der Waals surface area contributed by atoms with Crippen LogP contribution >= 0.6 is 0 Å². The van der Waals surface area contributed by atoms with Crippen LogP contribution in [0.3, 0.4) is 0 Å². The molecule has 0 spiro atoms. The maximum atomic E-state index is 12.8. The van der Waals surface area contributed by atoms with Crippen LogP contribution in [0.4, 0.5) is 5.69 Å². The predicted molar refractivity (Wildman–Crippen MR) is 109 cm³/mol. The second-order valence-corrected chi connectivity index (χ2v) is 9.01. The van der Waals surface area contributed by atoms with Gasteiger partial charge in [0, 0.05) is 48.9 Å². The standard InChI is InChI=1S/C20H32N2O4S/c1-6-21(7-2)18-12-11-17(19(13-18)26-27(5,24)25)14-22(15(3)4)20(23)16-9-8-10-16/h11-13,15-16H,6-10,14H2,1-5H3. The highest BCUT2D eigenvalue weighted by Gasteiger charge is 2.31. The number of amides is 1. The number of rotatable bonds is 9. The van der Waals surface area contributed by atoms with E-state index in [1.54, 1.807) is 6.07 Å². The second kappa shape index (κ2) is 8.95. The Kier molecular flexibility index (Phi) is 7.14. The second-order valence-electron chi connectivity index (χ2n) is 7.44. The summed E-state index contributed by atoms with van der Waals surface area (Å²) in [5, 5.41) is 0. The Labute approximate surface area is 163 Å². The molecule has 6 nitrogen and oxygen atoms in total. The maximum Gasteiger partial charge on any atom is 0.306 e. The molecule has 0 N–H and O–H groups in total. The van der Waals surface area contributed by atoms with Crippen molar-refractivity contribution >= 4 is 21.7 Å². The monoisotopic (exact) mass is 396 g/mol. The molecule has 0 aromatic heterocycles. The Morgan fingerprint density at radius 1 is 1.22 bits per heavy atom. The third-order valence-electron chi connectivity index (χ3n) is 5.12. The summed E-state index contributed by atoms with van der Waals surface area (Å²) in [6.45, 7) is 10.0. The van der Waals surface area contributed by atoms with Crippen LogP contribution in [0.15, 0.2) is 18.2 Å². The van der Waals surface area contributed by atoms with Crippen LogP contribution in [-0.2, 0) is 21.5 Å². The third kappa shape index (κ3) is 5.61. The van der Waals surface area contributed by atoms with Crippen molar-refractivity contribution in [2.24, 2.45) is 5.92 Å². The van der Waals surface area contributed by atoms with Crippen LogP contribution in [0.2, 0.25) is 0 Å². The minimum atomic E-state index is -3.66. The number of carbonyl (C=O) groups excluding carboxylic acids is 1. The van der Waals surface area contributed by atoms with E-state index in [0.717, 1.165) is 44.3 Å². The lowest BCUT2D eigenvalue weighted by Crippen LogP contribution is -2.42. The first kappa shape index (κ1) is 21.5. The zero-order valence-electron chi connectivity index (χ0n) is 17.1. The van der Waals surface area contributed by atoms with Gasteiger partial charge in [-0.2, -0.15) is 8.42 Å². The first-order valence-corrected chi connectivity index (χ1v) is 11.6. The quantitative estimate of drug-likeness (QED) is 0.599. The van der Waals surface area contributed by atoms with Crippen LogP contribution in [0.1, 0.15) is 52.5 Å². The average Bonchev–Trinajstić information content (AvgIpc) is 2.51. The Morgan fingerprint density at radius 2 is 1.85 bits per heavy atom. The maximum absolute atomic E-state index is 12.8. The van der Waals surface area contributed by atoms with Crippen molar-refractivity contribution < 1.29 is 17.4 Å². The molecule has 1 saturated carbocycles. The highest BCUT2D eigenvalue weighted by atomic mass is 32.2. The van der Waals surface area contributed by atoms with Crippen molar-refractivity contribution in [3.05, 3.63) is 23.8 Å². The van der Waals surface area contributed by atoms with Gasteiger partial charge >= 0.3 is 10.1 Å². The third-order valence-corrected chi connectivity index (χ3v) is 5.60. The molecule has 1 aliphatic rings. The molecule has 1 aliphatic carbocycles. The zero-order valence-corrected chi connectivity index (χ0v) is 17.9. The van der Waals surface area contributed by atoms with Crippen molar-refractivity contribution in [3.63, 3.8) is 0 Å². The topological polar surface area (TPSA) is 66.9 Å². The van der Waals surface area contributed by atoms with Gasteiger partial charge in [0.2, 0.25) is 5.91 Å². The van der Waals surface area contributed by atoms with E-state index in [1.807, 2.05) is 44.7 Å². The van der Waals surface area contributed by atoms with Gasteiger partial charge < -0.3 is 14.0 Å². The Morgan fingerprint density at radius 3 is 2.30 bits per heavy atom. The predicted octanol–water partition coefficient (Wildman–Crippen LogP) is 3.41. The van der Waals surface area contributed by atoms with Crippen molar-refractivity contribution in [1.29, 1.82) is 0 Å².